The van der Waals surface area contributed by atoms with Gasteiger partial charge in [-0.3, -0.25) is 9.10 Å². The van der Waals surface area contributed by atoms with E-state index in [1.807, 2.05) is 56.3 Å². The molecule has 2 aromatic carbocycles. The third kappa shape index (κ3) is 5.40. The Bertz CT molecular complexity index is 905. The van der Waals surface area contributed by atoms with E-state index in [9.17, 15) is 13.2 Å². The number of para-hydroxylation sites is 1. The predicted molar refractivity (Wildman–Crippen MR) is 108 cm³/mol. The normalized spacial score (nSPS) is 11.5. The molecule has 26 heavy (non-hydrogen) atoms. The second-order valence-electron chi connectivity index (χ2n) is 5.85. The second-order valence-corrected chi connectivity index (χ2v) is 8.68. The van der Waals surface area contributed by atoms with Crippen LogP contribution in [0.1, 0.15) is 16.7 Å². The van der Waals surface area contributed by atoms with Crippen molar-refractivity contribution in [3.05, 3.63) is 63.6 Å². The van der Waals surface area contributed by atoms with Crippen LogP contribution in [0.15, 0.2) is 52.0 Å². The molecule has 1 N–H and O–H groups in total. The van der Waals surface area contributed by atoms with E-state index in [2.05, 4.69) is 26.5 Å². The maximum Gasteiger partial charge on any atom is 0.260 e. The molecule has 0 fully saturated rings. The summed E-state index contributed by atoms with van der Waals surface area (Å²) in [7, 11) is -3.62. The van der Waals surface area contributed by atoms with Gasteiger partial charge in [0.05, 0.1) is 18.2 Å². The van der Waals surface area contributed by atoms with E-state index in [0.717, 1.165) is 31.7 Å². The number of nitrogens with one attached hydrogen (secondary N) is 1. The standard InChI is InChI=1S/C18H20BrN3O3S/c1-13-5-4-6-14(2)18(13)22(26(3,24)25)12-17(23)21-20-11-15-7-9-16(19)10-8-15/h4-11H,12H2,1-3H3,(H,21,23)/b20-11-. The second kappa shape index (κ2) is 8.46. The van der Waals surface area contributed by atoms with Gasteiger partial charge in [0.2, 0.25) is 10.0 Å². The summed E-state index contributed by atoms with van der Waals surface area (Å²) in [6.07, 6.45) is 2.57. The van der Waals surface area contributed by atoms with Crippen LogP contribution in [-0.4, -0.2) is 33.3 Å². The quantitative estimate of drug-likeness (QED) is 0.557. The van der Waals surface area contributed by atoms with Crippen LogP contribution in [-0.2, 0) is 14.8 Å². The number of rotatable bonds is 6. The fraction of sp³-hybridized carbons (Fsp3) is 0.222. The maximum atomic E-state index is 12.2. The first kappa shape index (κ1) is 20.1. The smallest absolute Gasteiger partial charge is 0.260 e. The van der Waals surface area contributed by atoms with Gasteiger partial charge in [-0.2, -0.15) is 5.10 Å². The molecule has 0 unspecified atom stereocenters. The van der Waals surface area contributed by atoms with Gasteiger partial charge in [0.25, 0.3) is 5.91 Å². The number of hydrogen-bond donors (Lipinski definition) is 1. The highest BCUT2D eigenvalue weighted by molar-refractivity contribution is 9.10. The minimum Gasteiger partial charge on any atom is -0.271 e. The zero-order valence-corrected chi connectivity index (χ0v) is 17.1. The van der Waals surface area contributed by atoms with Crippen LogP contribution in [0.4, 0.5) is 5.69 Å². The van der Waals surface area contributed by atoms with Gasteiger partial charge in [-0.15, -0.1) is 0 Å². The number of benzene rings is 2. The van der Waals surface area contributed by atoms with E-state index >= 15 is 0 Å². The Morgan fingerprint density at radius 1 is 1.15 bits per heavy atom. The molecule has 0 aromatic heterocycles. The van der Waals surface area contributed by atoms with E-state index in [-0.39, 0.29) is 6.54 Å². The molecule has 0 radical (unpaired) electrons. The topological polar surface area (TPSA) is 78.8 Å². The van der Waals surface area contributed by atoms with Crippen molar-refractivity contribution in [2.45, 2.75) is 13.8 Å². The van der Waals surface area contributed by atoms with E-state index < -0.39 is 15.9 Å². The van der Waals surface area contributed by atoms with Crippen molar-refractivity contribution >= 4 is 43.8 Å². The summed E-state index contributed by atoms with van der Waals surface area (Å²) >= 11 is 3.34. The van der Waals surface area contributed by atoms with Gasteiger partial charge >= 0.3 is 0 Å². The highest BCUT2D eigenvalue weighted by Gasteiger charge is 2.23. The van der Waals surface area contributed by atoms with Gasteiger partial charge in [-0.25, -0.2) is 13.8 Å². The average Bonchev–Trinajstić information content (AvgIpc) is 2.54. The fourth-order valence-corrected chi connectivity index (χ4v) is 3.69. The molecular formula is C18H20BrN3O3S. The minimum absolute atomic E-state index is 0.345. The first-order valence-electron chi connectivity index (χ1n) is 7.80. The number of aryl methyl sites for hydroxylation is 2. The first-order chi connectivity index (χ1) is 12.2. The largest absolute Gasteiger partial charge is 0.271 e. The molecule has 0 heterocycles. The molecular weight excluding hydrogens is 418 g/mol. The van der Waals surface area contributed by atoms with Gasteiger partial charge < -0.3 is 0 Å². The molecule has 138 valence electrons. The number of carbonyl (C=O) groups is 1. The van der Waals surface area contributed by atoms with Crippen molar-refractivity contribution in [2.75, 3.05) is 17.1 Å². The lowest BCUT2D eigenvalue weighted by Crippen LogP contribution is -2.39. The van der Waals surface area contributed by atoms with Crippen LogP contribution >= 0.6 is 15.9 Å². The fourth-order valence-electron chi connectivity index (χ4n) is 2.45. The lowest BCUT2D eigenvalue weighted by molar-refractivity contribution is -0.119. The number of anilines is 1. The Balaban J connectivity index is 2.14. The summed E-state index contributed by atoms with van der Waals surface area (Å²) in [5, 5.41) is 3.88. The van der Waals surface area contributed by atoms with E-state index in [1.54, 1.807) is 0 Å². The molecule has 0 saturated carbocycles. The van der Waals surface area contributed by atoms with Crippen molar-refractivity contribution in [3.8, 4) is 0 Å². The molecule has 0 aliphatic heterocycles. The molecule has 0 aliphatic carbocycles. The number of nitrogens with zero attached hydrogens (tertiary/aromatic N) is 2. The van der Waals surface area contributed by atoms with Crippen LogP contribution in [0.5, 0.6) is 0 Å². The summed E-state index contributed by atoms with van der Waals surface area (Å²) in [6, 6.07) is 12.8. The summed E-state index contributed by atoms with van der Waals surface area (Å²) in [6.45, 7) is 3.27. The summed E-state index contributed by atoms with van der Waals surface area (Å²) in [5.41, 5.74) is 5.25. The zero-order valence-electron chi connectivity index (χ0n) is 14.7. The number of sulfonamides is 1. The van der Waals surface area contributed by atoms with Gasteiger partial charge in [-0.1, -0.05) is 46.3 Å². The highest BCUT2D eigenvalue weighted by atomic mass is 79.9. The Labute approximate surface area is 162 Å². The van der Waals surface area contributed by atoms with Crippen molar-refractivity contribution < 1.29 is 13.2 Å². The molecule has 6 nitrogen and oxygen atoms in total. The Morgan fingerprint density at radius 3 is 2.27 bits per heavy atom. The first-order valence-corrected chi connectivity index (χ1v) is 10.4. The number of carbonyl (C=O) groups excluding carboxylic acids is 1. The van der Waals surface area contributed by atoms with E-state index in [0.29, 0.717) is 5.69 Å². The summed E-state index contributed by atoms with van der Waals surface area (Å²) in [4.78, 5) is 12.2. The number of halogens is 1. The van der Waals surface area contributed by atoms with Gasteiger partial charge in [0.1, 0.15) is 6.54 Å². The zero-order chi connectivity index (χ0) is 19.3. The third-order valence-corrected chi connectivity index (χ3v) is 5.29. The van der Waals surface area contributed by atoms with Crippen molar-refractivity contribution in [1.29, 1.82) is 0 Å². The molecule has 0 bridgehead atoms. The average molecular weight is 438 g/mol. The minimum atomic E-state index is -3.62. The SMILES string of the molecule is Cc1cccc(C)c1N(CC(=O)N/N=C\c1ccc(Br)cc1)S(C)(=O)=O. The van der Waals surface area contributed by atoms with Crippen molar-refractivity contribution in [2.24, 2.45) is 5.10 Å². The van der Waals surface area contributed by atoms with Crippen molar-refractivity contribution in [3.63, 3.8) is 0 Å². The Morgan fingerprint density at radius 2 is 1.73 bits per heavy atom. The molecule has 0 atom stereocenters. The predicted octanol–water partition coefficient (Wildman–Crippen LogP) is 2.98. The van der Waals surface area contributed by atoms with Crippen LogP contribution in [0.25, 0.3) is 0 Å². The molecule has 0 aliphatic rings. The van der Waals surface area contributed by atoms with Crippen LogP contribution in [0.3, 0.4) is 0 Å². The lowest BCUT2D eigenvalue weighted by Gasteiger charge is -2.25. The van der Waals surface area contributed by atoms with Gasteiger partial charge in [0.15, 0.2) is 0 Å². The van der Waals surface area contributed by atoms with Crippen LogP contribution in [0, 0.1) is 13.8 Å². The number of amides is 1. The monoisotopic (exact) mass is 437 g/mol. The Kier molecular flexibility index (Phi) is 6.55. The van der Waals surface area contributed by atoms with E-state index in [1.165, 1.54) is 6.21 Å². The van der Waals surface area contributed by atoms with E-state index in [4.69, 9.17) is 0 Å². The van der Waals surface area contributed by atoms with Crippen molar-refractivity contribution in [1.82, 2.24) is 5.43 Å². The third-order valence-electron chi connectivity index (χ3n) is 3.65. The van der Waals surface area contributed by atoms with Gasteiger partial charge in [0, 0.05) is 4.47 Å². The molecule has 2 rings (SSSR count). The molecule has 0 saturated heterocycles. The molecule has 1 amide bonds. The summed E-state index contributed by atoms with van der Waals surface area (Å²) in [5.74, 6) is -0.522. The Hall–Kier alpha value is -2.19. The van der Waals surface area contributed by atoms with Gasteiger partial charge in [-0.05, 0) is 42.7 Å². The van der Waals surface area contributed by atoms with Crippen LogP contribution < -0.4 is 9.73 Å². The molecule has 0 spiro atoms. The lowest BCUT2D eigenvalue weighted by atomic mass is 10.1. The number of hydrogen-bond acceptors (Lipinski definition) is 4. The number of hydrazone groups is 1. The molecule has 8 heteroatoms. The highest BCUT2D eigenvalue weighted by Crippen LogP contribution is 2.26. The summed E-state index contributed by atoms with van der Waals surface area (Å²) < 4.78 is 26.4. The maximum absolute atomic E-state index is 12.2. The van der Waals surface area contributed by atoms with Crippen LogP contribution in [0.2, 0.25) is 0 Å². The molecule has 2 aromatic rings.